The zero-order valence-electron chi connectivity index (χ0n) is 24.8. The van der Waals surface area contributed by atoms with Crippen LogP contribution >= 0.6 is 0 Å². The van der Waals surface area contributed by atoms with Crippen LogP contribution in [0.5, 0.6) is 5.75 Å². The predicted molar refractivity (Wildman–Crippen MR) is 163 cm³/mol. The number of rotatable bonds is 12. The van der Waals surface area contributed by atoms with Crippen LogP contribution in [0.4, 0.5) is 5.69 Å². The molecule has 0 saturated carbocycles. The molecule has 3 rings (SSSR count). The second kappa shape index (κ2) is 13.7. The van der Waals surface area contributed by atoms with Gasteiger partial charge in [-0.15, -0.1) is 0 Å². The van der Waals surface area contributed by atoms with E-state index in [0.717, 1.165) is 27.3 Å². The number of anilines is 1. The highest BCUT2D eigenvalue weighted by molar-refractivity contribution is 7.92. The summed E-state index contributed by atoms with van der Waals surface area (Å²) in [4.78, 5) is 28.7. The summed E-state index contributed by atoms with van der Waals surface area (Å²) in [5, 5.41) is 2.97. The molecule has 0 unspecified atom stereocenters. The van der Waals surface area contributed by atoms with Crippen molar-refractivity contribution in [2.45, 2.75) is 65.8 Å². The molecule has 3 aromatic rings. The summed E-state index contributed by atoms with van der Waals surface area (Å²) in [5.41, 5.74) is 2.70. The molecule has 0 fully saturated rings. The Bertz CT molecular complexity index is 1420. The van der Waals surface area contributed by atoms with Gasteiger partial charge in [-0.25, -0.2) is 8.42 Å². The van der Waals surface area contributed by atoms with Gasteiger partial charge in [-0.2, -0.15) is 0 Å². The third-order valence-corrected chi connectivity index (χ3v) is 7.68. The lowest BCUT2D eigenvalue weighted by Crippen LogP contribution is -2.55. The fraction of sp³-hybridized carbons (Fsp3) is 0.375. The number of nitrogens with zero attached hydrogens (tertiary/aromatic N) is 2. The number of amides is 2. The zero-order chi connectivity index (χ0) is 30.2. The molecule has 9 heteroatoms. The van der Waals surface area contributed by atoms with Crippen molar-refractivity contribution in [3.8, 4) is 5.75 Å². The SMILES string of the molecule is CC[C@@H](C(=O)NC(C)(C)C)N(Cc1ccccc1C)C(=O)CN(c1ccc(OCc2ccccc2)cc1)S(C)(=O)=O. The van der Waals surface area contributed by atoms with Gasteiger partial charge in [0.25, 0.3) is 0 Å². The molecule has 0 aliphatic carbocycles. The van der Waals surface area contributed by atoms with Crippen molar-refractivity contribution in [3.05, 3.63) is 95.6 Å². The summed E-state index contributed by atoms with van der Waals surface area (Å²) >= 11 is 0. The highest BCUT2D eigenvalue weighted by atomic mass is 32.2. The Balaban J connectivity index is 1.87. The third kappa shape index (κ3) is 9.35. The number of aryl methyl sites for hydroxylation is 1. The van der Waals surface area contributed by atoms with Crippen molar-refractivity contribution in [2.75, 3.05) is 17.1 Å². The second-order valence-electron chi connectivity index (χ2n) is 11.1. The lowest BCUT2D eigenvalue weighted by Gasteiger charge is -2.34. The topological polar surface area (TPSA) is 96.0 Å². The van der Waals surface area contributed by atoms with Gasteiger partial charge in [-0.05, 0) is 75.1 Å². The molecule has 0 radical (unpaired) electrons. The van der Waals surface area contributed by atoms with E-state index in [4.69, 9.17) is 4.74 Å². The van der Waals surface area contributed by atoms with Gasteiger partial charge in [0.15, 0.2) is 0 Å². The summed E-state index contributed by atoms with van der Waals surface area (Å²) in [6, 6.07) is 23.2. The second-order valence-corrected chi connectivity index (χ2v) is 13.1. The van der Waals surface area contributed by atoms with Gasteiger partial charge in [-0.1, -0.05) is 61.5 Å². The minimum Gasteiger partial charge on any atom is -0.489 e. The number of hydrogen-bond donors (Lipinski definition) is 1. The van der Waals surface area contributed by atoms with E-state index in [1.54, 1.807) is 24.3 Å². The first-order chi connectivity index (χ1) is 19.3. The monoisotopic (exact) mass is 579 g/mol. The summed E-state index contributed by atoms with van der Waals surface area (Å²) in [5.74, 6) is -0.185. The Morgan fingerprint density at radius 1 is 0.927 bits per heavy atom. The fourth-order valence-corrected chi connectivity index (χ4v) is 5.26. The van der Waals surface area contributed by atoms with Gasteiger partial charge in [0.1, 0.15) is 24.9 Å². The van der Waals surface area contributed by atoms with E-state index in [-0.39, 0.29) is 12.5 Å². The maximum absolute atomic E-state index is 13.9. The molecule has 0 aliphatic rings. The molecule has 1 atom stereocenters. The van der Waals surface area contributed by atoms with Gasteiger partial charge in [0.2, 0.25) is 21.8 Å². The number of benzene rings is 3. The molecule has 220 valence electrons. The van der Waals surface area contributed by atoms with Crippen LogP contribution in [0.15, 0.2) is 78.9 Å². The Labute approximate surface area is 244 Å². The molecule has 3 aromatic carbocycles. The van der Waals surface area contributed by atoms with Crippen molar-refractivity contribution in [1.29, 1.82) is 0 Å². The highest BCUT2D eigenvalue weighted by Gasteiger charge is 2.33. The van der Waals surface area contributed by atoms with Crippen molar-refractivity contribution in [1.82, 2.24) is 10.2 Å². The molecular formula is C32H41N3O5S. The molecule has 0 spiro atoms. The normalized spacial score (nSPS) is 12.3. The average molecular weight is 580 g/mol. The summed E-state index contributed by atoms with van der Waals surface area (Å²) in [6.45, 7) is 9.51. The number of nitrogens with one attached hydrogen (secondary N) is 1. The van der Waals surface area contributed by atoms with Crippen molar-refractivity contribution in [2.24, 2.45) is 0 Å². The number of carbonyl (C=O) groups excluding carboxylic acids is 2. The fourth-order valence-electron chi connectivity index (χ4n) is 4.41. The largest absolute Gasteiger partial charge is 0.489 e. The number of hydrogen-bond acceptors (Lipinski definition) is 5. The molecule has 2 amide bonds. The van der Waals surface area contributed by atoms with Crippen LogP contribution in [0.3, 0.4) is 0 Å². The van der Waals surface area contributed by atoms with E-state index < -0.39 is 34.1 Å². The maximum Gasteiger partial charge on any atom is 0.244 e. The molecule has 41 heavy (non-hydrogen) atoms. The minimum atomic E-state index is -3.83. The standard InChI is InChI=1S/C32H41N3O5S/c1-7-29(31(37)33-32(3,4)5)34(21-26-16-12-11-13-24(26)2)30(36)22-35(41(6,38)39)27-17-19-28(20-18-27)40-23-25-14-9-8-10-15-25/h8-20,29H,7,21-23H2,1-6H3,(H,33,37)/t29-/m0/s1. The van der Waals surface area contributed by atoms with E-state index in [9.17, 15) is 18.0 Å². The zero-order valence-corrected chi connectivity index (χ0v) is 25.6. The Morgan fingerprint density at radius 2 is 1.54 bits per heavy atom. The van der Waals surface area contributed by atoms with Crippen molar-refractivity contribution >= 4 is 27.5 Å². The van der Waals surface area contributed by atoms with E-state index in [1.165, 1.54) is 4.90 Å². The summed E-state index contributed by atoms with van der Waals surface area (Å²) in [7, 11) is -3.83. The van der Waals surface area contributed by atoms with E-state index in [0.29, 0.717) is 24.5 Å². The van der Waals surface area contributed by atoms with Gasteiger partial charge in [0.05, 0.1) is 11.9 Å². The van der Waals surface area contributed by atoms with E-state index >= 15 is 0 Å². The molecule has 0 saturated heterocycles. The van der Waals surface area contributed by atoms with Gasteiger partial charge < -0.3 is 15.0 Å². The van der Waals surface area contributed by atoms with E-state index in [2.05, 4.69) is 5.32 Å². The summed E-state index contributed by atoms with van der Waals surface area (Å²) < 4.78 is 32.7. The van der Waals surface area contributed by atoms with Crippen LogP contribution in [0, 0.1) is 6.92 Å². The Kier molecular flexibility index (Phi) is 10.6. The van der Waals surface area contributed by atoms with Crippen LogP contribution < -0.4 is 14.4 Å². The van der Waals surface area contributed by atoms with Gasteiger partial charge in [-0.3, -0.25) is 13.9 Å². The molecule has 8 nitrogen and oxygen atoms in total. The Hall–Kier alpha value is -3.85. The highest BCUT2D eigenvalue weighted by Crippen LogP contribution is 2.24. The molecule has 0 heterocycles. The number of carbonyl (C=O) groups is 2. The quantitative estimate of drug-likeness (QED) is 0.324. The molecule has 1 N–H and O–H groups in total. The molecule has 0 bridgehead atoms. The predicted octanol–water partition coefficient (Wildman–Crippen LogP) is 5.06. The maximum atomic E-state index is 13.9. The molecular weight excluding hydrogens is 538 g/mol. The number of ether oxygens (including phenoxy) is 1. The van der Waals surface area contributed by atoms with Gasteiger partial charge in [0, 0.05) is 12.1 Å². The molecule has 0 aromatic heterocycles. The smallest absolute Gasteiger partial charge is 0.244 e. The minimum absolute atomic E-state index is 0.172. The third-order valence-electron chi connectivity index (χ3n) is 6.54. The lowest BCUT2D eigenvalue weighted by molar-refractivity contribution is -0.141. The van der Waals surface area contributed by atoms with Crippen molar-refractivity contribution < 1.29 is 22.7 Å². The van der Waals surface area contributed by atoms with E-state index in [1.807, 2.05) is 89.2 Å². The Morgan fingerprint density at radius 3 is 2.10 bits per heavy atom. The van der Waals surface area contributed by atoms with Gasteiger partial charge >= 0.3 is 0 Å². The van der Waals surface area contributed by atoms with Crippen molar-refractivity contribution in [3.63, 3.8) is 0 Å². The van der Waals surface area contributed by atoms with Crippen LogP contribution in [0.1, 0.15) is 50.8 Å². The summed E-state index contributed by atoms with van der Waals surface area (Å²) in [6.07, 6.45) is 1.43. The van der Waals surface area contributed by atoms with Crippen LogP contribution in [-0.2, 0) is 32.8 Å². The van der Waals surface area contributed by atoms with Crippen LogP contribution in [0.2, 0.25) is 0 Å². The number of sulfonamides is 1. The average Bonchev–Trinajstić information content (AvgIpc) is 2.90. The first-order valence-electron chi connectivity index (χ1n) is 13.7. The van der Waals surface area contributed by atoms with Crippen LogP contribution in [-0.4, -0.2) is 49.5 Å². The first-order valence-corrected chi connectivity index (χ1v) is 15.5. The van der Waals surface area contributed by atoms with Crippen LogP contribution in [0.25, 0.3) is 0 Å². The molecule has 0 aliphatic heterocycles. The lowest BCUT2D eigenvalue weighted by atomic mass is 10.0. The first kappa shape index (κ1) is 31.7.